The van der Waals surface area contributed by atoms with E-state index >= 15 is 0 Å². The number of hydrogen-bond donors (Lipinski definition) is 4. The minimum absolute atomic E-state index is 0.0420. The van der Waals surface area contributed by atoms with Crippen LogP contribution in [0.1, 0.15) is 99.8 Å². The summed E-state index contributed by atoms with van der Waals surface area (Å²) in [6.07, 6.45) is 0.880. The van der Waals surface area contributed by atoms with Crippen molar-refractivity contribution >= 4 is 5.97 Å². The summed E-state index contributed by atoms with van der Waals surface area (Å²) in [4.78, 5) is 12.9. The van der Waals surface area contributed by atoms with Crippen LogP contribution in [0.3, 0.4) is 0 Å². The van der Waals surface area contributed by atoms with Gasteiger partial charge in [0.2, 0.25) is 5.79 Å². The Labute approximate surface area is 283 Å². The molecule has 0 radical (unpaired) electrons. The van der Waals surface area contributed by atoms with Crippen LogP contribution in [0.4, 0.5) is 0 Å². The monoisotopic (exact) mass is 676 g/mol. The topological polar surface area (TPSA) is 157 Å². The lowest BCUT2D eigenvalue weighted by atomic mass is 9.41. The first-order valence-corrected chi connectivity index (χ1v) is 18.6. The fourth-order valence-electron chi connectivity index (χ4n) is 14.6. The van der Waals surface area contributed by atoms with E-state index in [2.05, 4.69) is 34.6 Å². The van der Waals surface area contributed by atoms with Gasteiger partial charge in [-0.3, -0.25) is 4.79 Å². The summed E-state index contributed by atoms with van der Waals surface area (Å²) >= 11 is 0. The first-order chi connectivity index (χ1) is 22.4. The Kier molecular flexibility index (Phi) is 6.70. The van der Waals surface area contributed by atoms with Crippen molar-refractivity contribution in [3.63, 3.8) is 0 Å². The molecule has 0 aromatic heterocycles. The van der Waals surface area contributed by atoms with Crippen molar-refractivity contribution < 1.29 is 53.6 Å². The molecule has 9 fully saturated rings. The highest BCUT2D eigenvalue weighted by Crippen LogP contribution is 2.89. The van der Waals surface area contributed by atoms with Gasteiger partial charge in [-0.05, 0) is 97.2 Å². The molecule has 19 atom stereocenters. The number of aliphatic hydroxyl groups is 4. The van der Waals surface area contributed by atoms with Crippen LogP contribution in [-0.4, -0.2) is 99.7 Å². The van der Waals surface area contributed by atoms with E-state index in [1.165, 1.54) is 0 Å². The van der Waals surface area contributed by atoms with Gasteiger partial charge in [0.1, 0.15) is 36.1 Å². The molecule has 4 aliphatic heterocycles. The van der Waals surface area contributed by atoms with Crippen LogP contribution in [0.5, 0.6) is 0 Å². The van der Waals surface area contributed by atoms with Crippen molar-refractivity contribution in [1.82, 2.24) is 0 Å². The Morgan fingerprint density at radius 2 is 1.56 bits per heavy atom. The molecular weight excluding hydrogens is 620 g/mol. The standard InChI is InChI=1S/C37H56O11/c1-17-12-37(29-34(7,47-29)30(42)48-37)46-20-13-32(5)22-9-8-21-31(3,4)23(45-28-27(41)26(40)19(39)15-43-28)10-11-35(21)16-36(22,35)14-24(44-18(2)38)33(32,6)25(17)20/h17,19-30,39-42H,8-16H2,1-7H3/t17-,19-,20?,21+,22+,23+,24-,25+,26+,27-,28+,29?,30+,32+,33-,34?,35-,36+,37?/m1/s1. The normalized spacial score (nSPS) is 63.3. The van der Waals surface area contributed by atoms with Crippen LogP contribution < -0.4 is 0 Å². The molecule has 48 heavy (non-hydrogen) atoms. The predicted octanol–water partition coefficient (Wildman–Crippen LogP) is 3.03. The smallest absolute Gasteiger partial charge is 0.302 e. The summed E-state index contributed by atoms with van der Waals surface area (Å²) < 4.78 is 37.9. The molecule has 0 aromatic rings. The highest BCUT2D eigenvalue weighted by atomic mass is 16.8. The van der Waals surface area contributed by atoms with Crippen LogP contribution in [0.15, 0.2) is 0 Å². The molecule has 270 valence electrons. The molecule has 0 aromatic carbocycles. The molecule has 5 aliphatic carbocycles. The third-order valence-electron chi connectivity index (χ3n) is 16.8. The average molecular weight is 677 g/mol. The van der Waals surface area contributed by atoms with Gasteiger partial charge < -0.3 is 48.8 Å². The van der Waals surface area contributed by atoms with Gasteiger partial charge in [-0.25, -0.2) is 0 Å². The van der Waals surface area contributed by atoms with E-state index in [1.807, 2.05) is 6.92 Å². The third-order valence-corrected chi connectivity index (χ3v) is 16.8. The van der Waals surface area contributed by atoms with Gasteiger partial charge in [0, 0.05) is 18.8 Å². The molecule has 4 heterocycles. The van der Waals surface area contributed by atoms with E-state index in [0.717, 1.165) is 44.9 Å². The molecular formula is C37H56O11. The van der Waals surface area contributed by atoms with Crippen molar-refractivity contribution in [2.75, 3.05) is 6.61 Å². The molecule has 9 rings (SSSR count). The van der Waals surface area contributed by atoms with Crippen LogP contribution >= 0.6 is 0 Å². The van der Waals surface area contributed by atoms with Gasteiger partial charge in [0.05, 0.1) is 18.8 Å². The Bertz CT molecular complexity index is 1390. The van der Waals surface area contributed by atoms with E-state index in [-0.39, 0.29) is 75.9 Å². The number of esters is 1. The molecule has 4 saturated heterocycles. The Balaban J connectivity index is 1.03. The maximum absolute atomic E-state index is 12.9. The fraction of sp³-hybridized carbons (Fsp3) is 0.973. The second-order valence-electron chi connectivity index (χ2n) is 18.9. The summed E-state index contributed by atoms with van der Waals surface area (Å²) in [5.41, 5.74) is -1.23. The maximum atomic E-state index is 12.9. The zero-order chi connectivity index (χ0) is 34.2. The van der Waals surface area contributed by atoms with Crippen LogP contribution in [-0.2, 0) is 33.2 Å². The maximum Gasteiger partial charge on any atom is 0.302 e. The van der Waals surface area contributed by atoms with Gasteiger partial charge in [0.15, 0.2) is 12.6 Å². The van der Waals surface area contributed by atoms with Gasteiger partial charge in [0.25, 0.3) is 0 Å². The van der Waals surface area contributed by atoms with E-state index in [0.29, 0.717) is 18.3 Å². The third kappa shape index (κ3) is 3.74. The zero-order valence-electron chi connectivity index (χ0n) is 29.5. The number of rotatable bonds is 3. The highest BCUT2D eigenvalue weighted by molar-refractivity contribution is 5.66. The molecule has 3 spiro atoms. The summed E-state index contributed by atoms with van der Waals surface area (Å²) in [6.45, 7) is 15.1. The fourth-order valence-corrected chi connectivity index (χ4v) is 14.6. The number of hydrogen-bond acceptors (Lipinski definition) is 11. The SMILES string of the molecule is CC(=O)O[C@@H]1C[C@@]23C[C@@]24CC[C@H](O[C@@H]2OC[C@@H](O)[C@H](O)[C@H]2O)C(C)(C)[C@@H]4CC[C@H]3[C@]2(C)CC3OC4(C[C@@H](C)[C@@H]3[C@@]12C)O[C@H](O)C1(C)OC41. The lowest BCUT2D eigenvalue weighted by Gasteiger charge is -2.65. The second kappa shape index (κ2) is 9.75. The van der Waals surface area contributed by atoms with Gasteiger partial charge in [-0.2, -0.15) is 0 Å². The predicted molar refractivity (Wildman–Crippen MR) is 168 cm³/mol. The number of fused-ring (bicyclic) bond motifs is 6. The summed E-state index contributed by atoms with van der Waals surface area (Å²) in [5.74, 6) is 0.0295. The quantitative estimate of drug-likeness (QED) is 0.198. The lowest BCUT2D eigenvalue weighted by molar-refractivity contribution is -0.346. The second-order valence-corrected chi connectivity index (χ2v) is 18.9. The first-order valence-electron chi connectivity index (χ1n) is 18.6. The Morgan fingerprint density at radius 1 is 0.833 bits per heavy atom. The lowest BCUT2D eigenvalue weighted by Crippen LogP contribution is -2.64. The minimum atomic E-state index is -1.31. The Hall–Kier alpha value is -0.890. The minimum Gasteiger partial charge on any atom is -0.462 e. The van der Waals surface area contributed by atoms with Crippen molar-refractivity contribution in [3.8, 4) is 0 Å². The summed E-state index contributed by atoms with van der Waals surface area (Å²) in [6, 6.07) is 0. The number of ether oxygens (including phenoxy) is 6. The van der Waals surface area contributed by atoms with Gasteiger partial charge in [-0.1, -0.05) is 34.6 Å². The van der Waals surface area contributed by atoms with Crippen molar-refractivity contribution in [2.24, 2.45) is 50.7 Å². The molecule has 9 aliphatic rings. The first kappa shape index (κ1) is 33.0. The molecule has 4 N–H and O–H groups in total. The van der Waals surface area contributed by atoms with Gasteiger partial charge in [-0.15, -0.1) is 0 Å². The van der Waals surface area contributed by atoms with Crippen LogP contribution in [0.2, 0.25) is 0 Å². The molecule has 11 nitrogen and oxygen atoms in total. The summed E-state index contributed by atoms with van der Waals surface area (Å²) in [5, 5.41) is 41.7. The molecule has 5 saturated carbocycles. The number of aliphatic hydroxyl groups excluding tert-OH is 4. The van der Waals surface area contributed by atoms with Crippen molar-refractivity contribution in [1.29, 1.82) is 0 Å². The Morgan fingerprint density at radius 3 is 2.23 bits per heavy atom. The molecule has 4 unspecified atom stereocenters. The average Bonchev–Trinajstić information content (AvgIpc) is 3.84. The number of epoxide rings is 1. The molecule has 0 bridgehead atoms. The molecule has 0 amide bonds. The van der Waals surface area contributed by atoms with E-state index < -0.39 is 42.3 Å². The zero-order valence-corrected chi connectivity index (χ0v) is 29.5. The molecule has 11 heteroatoms. The van der Waals surface area contributed by atoms with Crippen LogP contribution in [0, 0.1) is 50.7 Å². The van der Waals surface area contributed by atoms with Crippen molar-refractivity contribution in [3.05, 3.63) is 0 Å². The summed E-state index contributed by atoms with van der Waals surface area (Å²) in [7, 11) is 0. The van der Waals surface area contributed by atoms with Crippen LogP contribution in [0.25, 0.3) is 0 Å². The number of carbonyl (C=O) groups excluding carboxylic acids is 1. The highest BCUT2D eigenvalue weighted by Gasteiger charge is 2.87. The largest absolute Gasteiger partial charge is 0.462 e. The number of carbonyl (C=O) groups is 1. The van der Waals surface area contributed by atoms with E-state index in [1.54, 1.807) is 6.92 Å². The van der Waals surface area contributed by atoms with E-state index in [9.17, 15) is 25.2 Å². The van der Waals surface area contributed by atoms with Gasteiger partial charge >= 0.3 is 5.97 Å². The van der Waals surface area contributed by atoms with E-state index in [4.69, 9.17) is 28.4 Å². The van der Waals surface area contributed by atoms with Crippen molar-refractivity contribution in [2.45, 2.75) is 167 Å².